The molecule has 0 unspecified atom stereocenters. The molecule has 2 aromatic rings. The Bertz CT molecular complexity index is 833. The molecule has 0 aliphatic carbocycles. The number of nitrogens with one attached hydrogen (secondary N) is 1. The standard InChI is InChI=1S/C19H25N5O2S/c1-23(19(20)27)16-4-2-3-5-17(16)26-13-14-6-10-24(11-7-14)12-15-18(25)22-9-8-21-15/h2-5,8-9,14H,6-7,10-13H2,1H3,(H2,20,27)(H,22,25). The fraction of sp³-hybridized carbons (Fsp3) is 0.421. The average Bonchev–Trinajstić information content (AvgIpc) is 2.69. The lowest BCUT2D eigenvalue weighted by molar-refractivity contribution is 0.135. The van der Waals surface area contributed by atoms with Gasteiger partial charge in [-0.25, -0.2) is 0 Å². The molecule has 7 nitrogen and oxygen atoms in total. The molecule has 3 N–H and O–H groups in total. The van der Waals surface area contributed by atoms with Gasteiger partial charge in [-0.2, -0.15) is 0 Å². The number of nitrogens with two attached hydrogens (primary N) is 1. The number of piperidine rings is 1. The van der Waals surface area contributed by atoms with E-state index in [9.17, 15) is 4.79 Å². The van der Waals surface area contributed by atoms with E-state index in [0.717, 1.165) is 37.4 Å². The predicted octanol–water partition coefficient (Wildman–Crippen LogP) is 1.74. The van der Waals surface area contributed by atoms with Crippen LogP contribution in [-0.4, -0.2) is 46.7 Å². The molecule has 1 aliphatic heterocycles. The van der Waals surface area contributed by atoms with Crippen LogP contribution in [0.2, 0.25) is 0 Å². The molecule has 0 amide bonds. The summed E-state index contributed by atoms with van der Waals surface area (Å²) in [6.07, 6.45) is 5.23. The van der Waals surface area contributed by atoms with Crippen LogP contribution in [-0.2, 0) is 6.54 Å². The van der Waals surface area contributed by atoms with Gasteiger partial charge in [0.1, 0.15) is 11.4 Å². The van der Waals surface area contributed by atoms with Crippen LogP contribution in [0.5, 0.6) is 5.75 Å². The molecule has 8 heteroatoms. The highest BCUT2D eigenvalue weighted by Gasteiger charge is 2.21. The molecular formula is C19H25N5O2S. The monoisotopic (exact) mass is 387 g/mol. The van der Waals surface area contributed by atoms with Crippen LogP contribution in [0.1, 0.15) is 18.5 Å². The van der Waals surface area contributed by atoms with Crippen molar-refractivity contribution in [1.29, 1.82) is 0 Å². The third kappa shape index (κ3) is 5.05. The molecule has 0 saturated carbocycles. The summed E-state index contributed by atoms with van der Waals surface area (Å²) in [6, 6.07) is 7.77. The highest BCUT2D eigenvalue weighted by molar-refractivity contribution is 7.80. The number of para-hydroxylation sites is 2. The van der Waals surface area contributed by atoms with Crippen LogP contribution in [0.25, 0.3) is 0 Å². The number of nitrogens with zero attached hydrogens (tertiary/aromatic N) is 3. The first-order chi connectivity index (χ1) is 13.0. The van der Waals surface area contributed by atoms with E-state index >= 15 is 0 Å². The molecule has 144 valence electrons. The fourth-order valence-corrected chi connectivity index (χ4v) is 3.30. The van der Waals surface area contributed by atoms with Crippen LogP contribution in [0.4, 0.5) is 5.69 Å². The SMILES string of the molecule is CN(C(N)=S)c1ccccc1OCC1CCN(Cc2ncc[nH]c2=O)CC1. The number of hydrogen-bond donors (Lipinski definition) is 2. The fourth-order valence-electron chi connectivity index (χ4n) is 3.20. The van der Waals surface area contributed by atoms with Crippen LogP contribution < -0.4 is 20.9 Å². The molecule has 2 heterocycles. The minimum atomic E-state index is -0.110. The minimum Gasteiger partial charge on any atom is -0.491 e. The number of benzene rings is 1. The minimum absolute atomic E-state index is 0.110. The maximum atomic E-state index is 11.8. The molecule has 1 saturated heterocycles. The summed E-state index contributed by atoms with van der Waals surface area (Å²) in [5, 5.41) is 0.309. The number of H-pyrrole nitrogens is 1. The van der Waals surface area contributed by atoms with Gasteiger partial charge >= 0.3 is 0 Å². The summed E-state index contributed by atoms with van der Waals surface area (Å²) in [4.78, 5) is 22.6. The van der Waals surface area contributed by atoms with Crippen LogP contribution in [0.15, 0.2) is 41.5 Å². The molecule has 0 spiro atoms. The van der Waals surface area contributed by atoms with Crippen LogP contribution in [0.3, 0.4) is 0 Å². The lowest BCUT2D eigenvalue weighted by Crippen LogP contribution is -2.37. The van der Waals surface area contributed by atoms with Gasteiger partial charge in [0.25, 0.3) is 5.56 Å². The van der Waals surface area contributed by atoms with E-state index in [2.05, 4.69) is 14.9 Å². The van der Waals surface area contributed by atoms with Gasteiger partial charge in [-0.05, 0) is 56.2 Å². The third-order valence-corrected chi connectivity index (χ3v) is 5.17. The lowest BCUT2D eigenvalue weighted by Gasteiger charge is -2.31. The van der Waals surface area contributed by atoms with Crippen molar-refractivity contribution in [3.05, 3.63) is 52.7 Å². The van der Waals surface area contributed by atoms with Gasteiger partial charge in [0.05, 0.1) is 12.3 Å². The first kappa shape index (κ1) is 19.3. The second kappa shape index (κ2) is 8.96. The molecule has 1 fully saturated rings. The van der Waals surface area contributed by atoms with Gasteiger partial charge in [-0.15, -0.1) is 0 Å². The number of likely N-dealkylation sites (tertiary alicyclic amines) is 1. The Morgan fingerprint density at radius 1 is 1.41 bits per heavy atom. The van der Waals surface area contributed by atoms with Gasteiger partial charge in [-0.3, -0.25) is 14.7 Å². The normalized spacial score (nSPS) is 15.4. The van der Waals surface area contributed by atoms with E-state index < -0.39 is 0 Å². The first-order valence-electron chi connectivity index (χ1n) is 9.04. The van der Waals surface area contributed by atoms with E-state index in [0.29, 0.717) is 29.9 Å². The molecule has 0 radical (unpaired) electrons. The van der Waals surface area contributed by atoms with E-state index in [1.54, 1.807) is 17.3 Å². The molecule has 3 rings (SSSR count). The zero-order chi connectivity index (χ0) is 19.2. The van der Waals surface area contributed by atoms with Crippen molar-refractivity contribution in [2.45, 2.75) is 19.4 Å². The maximum Gasteiger partial charge on any atom is 0.270 e. The number of rotatable bonds is 6. The van der Waals surface area contributed by atoms with E-state index in [4.69, 9.17) is 22.7 Å². The Labute approximate surface area is 164 Å². The van der Waals surface area contributed by atoms with Crippen molar-refractivity contribution in [2.24, 2.45) is 11.7 Å². The van der Waals surface area contributed by atoms with Gasteiger partial charge in [-0.1, -0.05) is 12.1 Å². The largest absolute Gasteiger partial charge is 0.491 e. The Morgan fingerprint density at radius 2 is 2.15 bits per heavy atom. The van der Waals surface area contributed by atoms with Gasteiger partial charge in [0.2, 0.25) is 0 Å². The van der Waals surface area contributed by atoms with Crippen LogP contribution in [0, 0.1) is 5.92 Å². The topological polar surface area (TPSA) is 87.5 Å². The molecule has 0 bridgehead atoms. The zero-order valence-electron chi connectivity index (χ0n) is 15.4. The maximum absolute atomic E-state index is 11.8. The highest BCUT2D eigenvalue weighted by Crippen LogP contribution is 2.28. The molecule has 27 heavy (non-hydrogen) atoms. The summed E-state index contributed by atoms with van der Waals surface area (Å²) in [5.41, 5.74) is 7.07. The third-order valence-electron chi connectivity index (χ3n) is 4.89. The van der Waals surface area contributed by atoms with Crippen molar-refractivity contribution >= 4 is 23.0 Å². The summed E-state index contributed by atoms with van der Waals surface area (Å²) >= 11 is 5.06. The Hall–Kier alpha value is -2.45. The Kier molecular flexibility index (Phi) is 6.41. The number of aromatic nitrogens is 2. The highest BCUT2D eigenvalue weighted by atomic mass is 32.1. The van der Waals surface area contributed by atoms with Crippen LogP contribution >= 0.6 is 12.2 Å². The number of aromatic amines is 1. The Morgan fingerprint density at radius 3 is 2.85 bits per heavy atom. The van der Waals surface area contributed by atoms with Crippen molar-refractivity contribution in [3.63, 3.8) is 0 Å². The zero-order valence-corrected chi connectivity index (χ0v) is 16.2. The van der Waals surface area contributed by atoms with Crippen molar-refractivity contribution in [3.8, 4) is 5.75 Å². The van der Waals surface area contributed by atoms with E-state index in [-0.39, 0.29) is 5.56 Å². The molecule has 0 atom stereocenters. The summed E-state index contributed by atoms with van der Waals surface area (Å²) in [5.74, 6) is 1.27. The average molecular weight is 388 g/mol. The number of thiocarbonyl (C=S) groups is 1. The molecule has 1 aromatic carbocycles. The second-order valence-electron chi connectivity index (χ2n) is 6.76. The van der Waals surface area contributed by atoms with E-state index in [1.807, 2.05) is 31.3 Å². The van der Waals surface area contributed by atoms with Crippen molar-refractivity contribution in [2.75, 3.05) is 31.6 Å². The van der Waals surface area contributed by atoms with Crippen molar-refractivity contribution in [1.82, 2.24) is 14.9 Å². The van der Waals surface area contributed by atoms with Gasteiger partial charge in [0.15, 0.2) is 5.11 Å². The summed E-state index contributed by atoms with van der Waals surface area (Å²) in [7, 11) is 1.84. The second-order valence-corrected chi connectivity index (χ2v) is 7.18. The predicted molar refractivity (Wildman–Crippen MR) is 110 cm³/mol. The number of hydrogen-bond acceptors (Lipinski definition) is 5. The Balaban J connectivity index is 1.51. The van der Waals surface area contributed by atoms with E-state index in [1.165, 1.54) is 0 Å². The number of ether oxygens (including phenoxy) is 1. The number of anilines is 1. The lowest BCUT2D eigenvalue weighted by atomic mass is 9.97. The smallest absolute Gasteiger partial charge is 0.270 e. The van der Waals surface area contributed by atoms with Gasteiger partial charge < -0.3 is 20.4 Å². The quantitative estimate of drug-likeness (QED) is 0.730. The summed E-state index contributed by atoms with van der Waals surface area (Å²) in [6.45, 7) is 3.10. The van der Waals surface area contributed by atoms with Crippen molar-refractivity contribution < 1.29 is 4.74 Å². The molecular weight excluding hydrogens is 362 g/mol. The molecule has 1 aliphatic rings. The van der Waals surface area contributed by atoms with Gasteiger partial charge in [0, 0.05) is 26.0 Å². The summed E-state index contributed by atoms with van der Waals surface area (Å²) < 4.78 is 6.08. The first-order valence-corrected chi connectivity index (χ1v) is 9.45. The molecule has 1 aromatic heterocycles.